The Morgan fingerprint density at radius 2 is 1.90 bits per heavy atom. The van der Waals surface area contributed by atoms with Crippen molar-refractivity contribution in [3.05, 3.63) is 70.0 Å². The minimum Gasteiger partial charge on any atom is -0.273 e. The number of amides is 1. The Morgan fingerprint density at radius 3 is 2.52 bits per heavy atom. The molecule has 0 aliphatic heterocycles. The maximum Gasteiger partial charge on any atom is 0.269 e. The molecular weight excluding hydrogens is 272 g/mol. The Labute approximate surface area is 120 Å². The maximum absolute atomic E-state index is 11.7. The number of nitrogens with zero attached hydrogens (tertiary/aromatic N) is 3. The van der Waals surface area contributed by atoms with Gasteiger partial charge in [-0.15, -0.1) is 0 Å². The van der Waals surface area contributed by atoms with Crippen LogP contribution in [0, 0.1) is 10.1 Å². The fraction of sp³-hybridized carbons (Fsp3) is 0.0714. The number of aromatic nitrogens is 1. The molecule has 0 saturated carbocycles. The number of nitrogens with one attached hydrogen (secondary N) is 1. The molecule has 0 bridgehead atoms. The van der Waals surface area contributed by atoms with Crippen molar-refractivity contribution in [2.45, 2.75) is 6.42 Å². The van der Waals surface area contributed by atoms with Crippen LogP contribution in [0.2, 0.25) is 0 Å². The highest BCUT2D eigenvalue weighted by Gasteiger charge is 2.06. The summed E-state index contributed by atoms with van der Waals surface area (Å²) in [6, 6.07) is 9.33. The van der Waals surface area contributed by atoms with Crippen molar-refractivity contribution < 1.29 is 9.72 Å². The van der Waals surface area contributed by atoms with Crippen molar-refractivity contribution in [3.63, 3.8) is 0 Å². The molecule has 0 unspecified atom stereocenters. The first-order valence-corrected chi connectivity index (χ1v) is 6.10. The molecule has 1 N–H and O–H groups in total. The number of nitro benzene ring substituents is 1. The molecule has 1 amide bonds. The molecule has 0 atom stereocenters. The van der Waals surface area contributed by atoms with Gasteiger partial charge in [0.1, 0.15) is 0 Å². The molecule has 1 heterocycles. The van der Waals surface area contributed by atoms with E-state index in [1.165, 1.54) is 18.3 Å². The summed E-state index contributed by atoms with van der Waals surface area (Å²) in [4.78, 5) is 25.5. The number of hydrazone groups is 1. The molecule has 2 rings (SSSR count). The molecule has 7 nitrogen and oxygen atoms in total. The predicted molar refractivity (Wildman–Crippen MR) is 76.8 cm³/mol. The molecule has 0 spiro atoms. The van der Waals surface area contributed by atoms with Crippen LogP contribution in [0.15, 0.2) is 53.9 Å². The zero-order chi connectivity index (χ0) is 15.1. The number of benzene rings is 1. The van der Waals surface area contributed by atoms with Crippen LogP contribution in [-0.4, -0.2) is 22.0 Å². The summed E-state index contributed by atoms with van der Waals surface area (Å²) in [5.41, 5.74) is 3.89. The lowest BCUT2D eigenvalue weighted by molar-refractivity contribution is -0.384. The zero-order valence-corrected chi connectivity index (χ0v) is 11.0. The van der Waals surface area contributed by atoms with Crippen LogP contribution < -0.4 is 5.43 Å². The topological polar surface area (TPSA) is 97.5 Å². The van der Waals surface area contributed by atoms with Gasteiger partial charge >= 0.3 is 0 Å². The van der Waals surface area contributed by atoms with E-state index < -0.39 is 4.92 Å². The lowest BCUT2D eigenvalue weighted by atomic mass is 10.1. The number of carbonyl (C=O) groups is 1. The van der Waals surface area contributed by atoms with E-state index in [-0.39, 0.29) is 18.0 Å². The smallest absolute Gasteiger partial charge is 0.269 e. The average Bonchev–Trinajstić information content (AvgIpc) is 2.49. The molecule has 1 aromatic heterocycles. The van der Waals surface area contributed by atoms with E-state index in [9.17, 15) is 14.9 Å². The van der Waals surface area contributed by atoms with Gasteiger partial charge in [-0.1, -0.05) is 12.1 Å². The SMILES string of the molecule is O=C(Cc1ccc([N+](=O)[O-])cc1)NN=Cc1ccncc1. The van der Waals surface area contributed by atoms with E-state index in [1.807, 2.05) is 0 Å². The Balaban J connectivity index is 1.87. The van der Waals surface area contributed by atoms with E-state index in [4.69, 9.17) is 0 Å². The van der Waals surface area contributed by atoms with Gasteiger partial charge in [-0.2, -0.15) is 5.10 Å². The zero-order valence-electron chi connectivity index (χ0n) is 11.0. The summed E-state index contributed by atoms with van der Waals surface area (Å²) in [7, 11) is 0. The third-order valence-electron chi connectivity index (χ3n) is 2.62. The molecule has 0 fully saturated rings. The van der Waals surface area contributed by atoms with Crippen LogP contribution in [0.3, 0.4) is 0 Å². The van der Waals surface area contributed by atoms with E-state index >= 15 is 0 Å². The number of rotatable bonds is 5. The summed E-state index contributed by atoms with van der Waals surface area (Å²) in [5.74, 6) is -0.297. The van der Waals surface area contributed by atoms with Gasteiger partial charge in [0.05, 0.1) is 17.6 Å². The molecule has 0 aliphatic rings. The summed E-state index contributed by atoms with van der Waals surface area (Å²) < 4.78 is 0. The number of carbonyl (C=O) groups excluding carboxylic acids is 1. The van der Waals surface area contributed by atoms with Crippen LogP contribution in [0.5, 0.6) is 0 Å². The monoisotopic (exact) mass is 284 g/mol. The number of hydrogen-bond acceptors (Lipinski definition) is 5. The molecular formula is C14H12N4O3. The molecule has 106 valence electrons. The lowest BCUT2D eigenvalue weighted by Crippen LogP contribution is -2.19. The molecule has 21 heavy (non-hydrogen) atoms. The van der Waals surface area contributed by atoms with E-state index in [2.05, 4.69) is 15.5 Å². The van der Waals surface area contributed by atoms with Crippen LogP contribution in [0.4, 0.5) is 5.69 Å². The van der Waals surface area contributed by atoms with Crippen molar-refractivity contribution in [1.82, 2.24) is 10.4 Å². The second kappa shape index (κ2) is 6.90. The van der Waals surface area contributed by atoms with Gasteiger partial charge in [0.2, 0.25) is 5.91 Å². The van der Waals surface area contributed by atoms with E-state index in [0.29, 0.717) is 5.56 Å². The third-order valence-corrected chi connectivity index (χ3v) is 2.62. The van der Waals surface area contributed by atoms with Crippen LogP contribution in [0.1, 0.15) is 11.1 Å². The van der Waals surface area contributed by atoms with Gasteiger partial charge in [0.15, 0.2) is 0 Å². The Bertz CT molecular complexity index is 654. The molecule has 0 saturated heterocycles. The van der Waals surface area contributed by atoms with Gasteiger partial charge in [-0.3, -0.25) is 19.9 Å². The first kappa shape index (κ1) is 14.3. The fourth-order valence-electron chi connectivity index (χ4n) is 1.59. The molecule has 0 radical (unpaired) electrons. The summed E-state index contributed by atoms with van der Waals surface area (Å²) in [5, 5.41) is 14.3. The van der Waals surface area contributed by atoms with E-state index in [1.54, 1.807) is 36.7 Å². The van der Waals surface area contributed by atoms with Gasteiger partial charge < -0.3 is 0 Å². The summed E-state index contributed by atoms with van der Waals surface area (Å²) in [6.45, 7) is 0. The number of nitro groups is 1. The molecule has 7 heteroatoms. The van der Waals surface area contributed by atoms with Gasteiger partial charge in [0.25, 0.3) is 5.69 Å². The highest BCUT2D eigenvalue weighted by Crippen LogP contribution is 2.12. The Hall–Kier alpha value is -3.09. The fourth-order valence-corrected chi connectivity index (χ4v) is 1.59. The third kappa shape index (κ3) is 4.50. The second-order valence-electron chi connectivity index (χ2n) is 4.17. The molecule has 1 aromatic carbocycles. The number of non-ortho nitro benzene ring substituents is 1. The lowest BCUT2D eigenvalue weighted by Gasteiger charge is -2.00. The Kier molecular flexibility index (Phi) is 4.70. The normalized spacial score (nSPS) is 10.5. The maximum atomic E-state index is 11.7. The number of pyridine rings is 1. The summed E-state index contributed by atoms with van der Waals surface area (Å²) in [6.07, 6.45) is 4.86. The van der Waals surface area contributed by atoms with Crippen LogP contribution in [-0.2, 0) is 11.2 Å². The predicted octanol–water partition coefficient (Wildman–Crippen LogP) is 1.68. The minimum atomic E-state index is -0.483. The molecule has 0 aliphatic carbocycles. The first-order chi connectivity index (χ1) is 10.1. The van der Waals surface area contributed by atoms with Crippen molar-refractivity contribution in [3.8, 4) is 0 Å². The van der Waals surface area contributed by atoms with E-state index in [0.717, 1.165) is 5.56 Å². The average molecular weight is 284 g/mol. The van der Waals surface area contributed by atoms with Crippen LogP contribution in [0.25, 0.3) is 0 Å². The largest absolute Gasteiger partial charge is 0.273 e. The van der Waals surface area contributed by atoms with Crippen molar-refractivity contribution in [2.75, 3.05) is 0 Å². The van der Waals surface area contributed by atoms with Gasteiger partial charge in [-0.25, -0.2) is 5.43 Å². The highest BCUT2D eigenvalue weighted by molar-refractivity contribution is 5.83. The van der Waals surface area contributed by atoms with Crippen molar-refractivity contribution in [1.29, 1.82) is 0 Å². The summed E-state index contributed by atoms with van der Waals surface area (Å²) >= 11 is 0. The molecule has 2 aromatic rings. The number of hydrogen-bond donors (Lipinski definition) is 1. The minimum absolute atomic E-state index is 0.00475. The van der Waals surface area contributed by atoms with Crippen molar-refractivity contribution >= 4 is 17.8 Å². The van der Waals surface area contributed by atoms with Crippen molar-refractivity contribution in [2.24, 2.45) is 5.10 Å². The van der Waals surface area contributed by atoms with Gasteiger partial charge in [-0.05, 0) is 23.3 Å². The van der Waals surface area contributed by atoms with Crippen LogP contribution >= 0.6 is 0 Å². The Morgan fingerprint density at radius 1 is 1.24 bits per heavy atom. The second-order valence-corrected chi connectivity index (χ2v) is 4.17. The quantitative estimate of drug-likeness (QED) is 0.513. The standard InChI is InChI=1S/C14H12N4O3/c19-14(17-16-10-12-5-7-15-8-6-12)9-11-1-3-13(4-2-11)18(20)21/h1-8,10H,9H2,(H,17,19). The van der Waals surface area contributed by atoms with Gasteiger partial charge in [0, 0.05) is 24.5 Å². The first-order valence-electron chi connectivity index (χ1n) is 6.10. The highest BCUT2D eigenvalue weighted by atomic mass is 16.6.